The third kappa shape index (κ3) is 6.87. The van der Waals surface area contributed by atoms with Crippen molar-refractivity contribution in [1.82, 2.24) is 14.6 Å². The van der Waals surface area contributed by atoms with Crippen LogP contribution in [-0.2, 0) is 23.4 Å². The average Bonchev–Trinajstić information content (AvgIpc) is 3.08. The number of esters is 1. The Hall–Kier alpha value is -2.41. The van der Waals surface area contributed by atoms with Gasteiger partial charge in [-0.05, 0) is 39.8 Å². The first-order valence-corrected chi connectivity index (χ1v) is 13.1. The number of aryl methyl sites for hydroxylation is 1. The maximum atomic E-state index is 14.9. The van der Waals surface area contributed by atoms with Gasteiger partial charge in [-0.1, -0.05) is 30.4 Å². The van der Waals surface area contributed by atoms with Gasteiger partial charge in [0, 0.05) is 11.8 Å². The molecule has 2 heterocycles. The molecule has 0 bridgehead atoms. The SMILES string of the molecule is Cc1cn([C@H]2O[C@@H](COP(=O)(N[C@@H](C)C(=O)OC(C)C)Oc3ccccc3)[C@@H](O)C2F)c(=O)[nH]c1=S. The van der Waals surface area contributed by atoms with Crippen LogP contribution in [0.5, 0.6) is 5.75 Å². The van der Waals surface area contributed by atoms with Gasteiger partial charge in [-0.15, -0.1) is 0 Å². The number of aromatic amines is 1. The van der Waals surface area contributed by atoms with Crippen LogP contribution >= 0.6 is 20.0 Å². The Morgan fingerprint density at radius 2 is 2.00 bits per heavy atom. The number of carbonyl (C=O) groups excluding carboxylic acids is 1. The van der Waals surface area contributed by atoms with Gasteiger partial charge in [0.1, 0.15) is 28.6 Å². The third-order valence-electron chi connectivity index (χ3n) is 5.15. The maximum absolute atomic E-state index is 14.9. The van der Waals surface area contributed by atoms with E-state index in [1.54, 1.807) is 39.0 Å². The molecule has 0 spiro atoms. The van der Waals surface area contributed by atoms with Crippen molar-refractivity contribution < 1.29 is 37.4 Å². The Morgan fingerprint density at radius 3 is 2.64 bits per heavy atom. The number of alkyl halides is 1. The molecule has 0 saturated carbocycles. The van der Waals surface area contributed by atoms with Crippen LogP contribution in [0.4, 0.5) is 4.39 Å². The van der Waals surface area contributed by atoms with Gasteiger partial charge in [0.05, 0.1) is 12.7 Å². The van der Waals surface area contributed by atoms with Crippen LogP contribution in [0.15, 0.2) is 41.3 Å². The number of aliphatic hydroxyl groups is 1. The molecule has 1 saturated heterocycles. The second kappa shape index (κ2) is 11.8. The summed E-state index contributed by atoms with van der Waals surface area (Å²) in [4.78, 5) is 26.9. The molecule has 198 valence electrons. The Morgan fingerprint density at radius 1 is 1.33 bits per heavy atom. The highest BCUT2D eigenvalue weighted by Crippen LogP contribution is 2.46. The van der Waals surface area contributed by atoms with Crippen molar-refractivity contribution in [3.63, 3.8) is 0 Å². The van der Waals surface area contributed by atoms with Crippen LogP contribution in [0.3, 0.4) is 0 Å². The van der Waals surface area contributed by atoms with Gasteiger partial charge in [-0.2, -0.15) is 5.09 Å². The molecule has 0 aliphatic carbocycles. The molecule has 3 N–H and O–H groups in total. The standard InChI is InChI=1S/C22H29FN3O8PS/c1-12(2)32-21(28)14(4)25-35(30,34-15-8-6-5-7-9-15)31-11-16-18(27)17(23)20(33-16)26-10-13(3)19(36)24-22(26)29/h5-10,12,14,16-18,20,27H,11H2,1-4H3,(H,25,30)(H,24,29,36)/t14-,16-,17?,18+,20-,35?/m0/s1. The lowest BCUT2D eigenvalue weighted by molar-refractivity contribution is -0.149. The maximum Gasteiger partial charge on any atom is 0.459 e. The lowest BCUT2D eigenvalue weighted by Gasteiger charge is -2.25. The zero-order chi connectivity index (χ0) is 26.6. The number of halogens is 1. The van der Waals surface area contributed by atoms with Gasteiger partial charge >= 0.3 is 19.4 Å². The van der Waals surface area contributed by atoms with Crippen molar-refractivity contribution in [2.75, 3.05) is 6.61 Å². The van der Waals surface area contributed by atoms with E-state index in [9.17, 15) is 23.7 Å². The van der Waals surface area contributed by atoms with Crippen LogP contribution in [0.1, 0.15) is 32.6 Å². The van der Waals surface area contributed by atoms with Gasteiger partial charge in [0.15, 0.2) is 12.4 Å². The highest BCUT2D eigenvalue weighted by molar-refractivity contribution is 7.71. The molecule has 1 aliphatic rings. The van der Waals surface area contributed by atoms with E-state index in [-0.39, 0.29) is 10.4 Å². The monoisotopic (exact) mass is 545 g/mol. The molecule has 0 amide bonds. The summed E-state index contributed by atoms with van der Waals surface area (Å²) in [5, 5.41) is 12.9. The number of para-hydroxylation sites is 1. The van der Waals surface area contributed by atoms with E-state index in [2.05, 4.69) is 10.1 Å². The molecular weight excluding hydrogens is 516 g/mol. The minimum Gasteiger partial charge on any atom is -0.462 e. The Kier molecular flexibility index (Phi) is 9.20. The largest absolute Gasteiger partial charge is 0.462 e. The molecule has 3 rings (SSSR count). The molecule has 6 atom stereocenters. The third-order valence-corrected chi connectivity index (χ3v) is 7.22. The minimum absolute atomic E-state index is 0.175. The molecular formula is C22H29FN3O8PS. The summed E-state index contributed by atoms with van der Waals surface area (Å²) in [5.41, 5.74) is -0.217. The Balaban J connectivity index is 1.77. The number of nitrogens with one attached hydrogen (secondary N) is 2. The first-order valence-electron chi connectivity index (χ1n) is 11.2. The van der Waals surface area contributed by atoms with E-state index in [0.717, 1.165) is 4.57 Å². The van der Waals surface area contributed by atoms with Crippen LogP contribution in [0.25, 0.3) is 0 Å². The van der Waals surface area contributed by atoms with Gasteiger partial charge in [0.2, 0.25) is 0 Å². The lowest BCUT2D eigenvalue weighted by Crippen LogP contribution is -2.37. The van der Waals surface area contributed by atoms with Crippen LogP contribution in [0.2, 0.25) is 0 Å². The average molecular weight is 546 g/mol. The van der Waals surface area contributed by atoms with Crippen LogP contribution < -0.4 is 15.3 Å². The molecule has 14 heteroatoms. The summed E-state index contributed by atoms with van der Waals surface area (Å²) in [6.07, 6.45) is -5.58. The lowest BCUT2D eigenvalue weighted by atomic mass is 10.1. The fourth-order valence-corrected chi connectivity index (χ4v) is 4.99. The van der Waals surface area contributed by atoms with E-state index in [1.165, 1.54) is 25.3 Å². The number of aliphatic hydroxyl groups excluding tert-OH is 1. The van der Waals surface area contributed by atoms with Crippen molar-refractivity contribution >= 4 is 25.9 Å². The normalized spacial score (nSPS) is 24.3. The fourth-order valence-electron chi connectivity index (χ4n) is 3.35. The Labute approximate surface area is 212 Å². The molecule has 36 heavy (non-hydrogen) atoms. The highest BCUT2D eigenvalue weighted by atomic mass is 32.1. The summed E-state index contributed by atoms with van der Waals surface area (Å²) < 4.78 is 51.3. The number of ether oxygens (including phenoxy) is 2. The molecule has 2 unspecified atom stereocenters. The van der Waals surface area contributed by atoms with Crippen LogP contribution in [-0.4, -0.2) is 57.8 Å². The topological polar surface area (TPSA) is 141 Å². The number of hydrogen-bond donors (Lipinski definition) is 3. The molecule has 1 aliphatic heterocycles. The number of nitrogens with zero attached hydrogens (tertiary/aromatic N) is 1. The first kappa shape index (κ1) is 28.2. The minimum atomic E-state index is -4.26. The zero-order valence-electron chi connectivity index (χ0n) is 20.1. The van der Waals surface area contributed by atoms with Crippen molar-refractivity contribution in [1.29, 1.82) is 0 Å². The molecule has 1 fully saturated rings. The van der Waals surface area contributed by atoms with Crippen molar-refractivity contribution in [2.24, 2.45) is 0 Å². The van der Waals surface area contributed by atoms with E-state index in [0.29, 0.717) is 5.56 Å². The van der Waals surface area contributed by atoms with Crippen molar-refractivity contribution in [2.45, 2.75) is 64.4 Å². The summed E-state index contributed by atoms with van der Waals surface area (Å²) in [6.45, 7) is 5.78. The first-order chi connectivity index (χ1) is 16.9. The smallest absolute Gasteiger partial charge is 0.459 e. The quantitative estimate of drug-likeness (QED) is 0.232. The van der Waals surface area contributed by atoms with Gasteiger partial charge in [-0.25, -0.2) is 13.8 Å². The number of hydrogen-bond acceptors (Lipinski definition) is 9. The molecule has 0 radical (unpaired) electrons. The zero-order valence-corrected chi connectivity index (χ0v) is 21.8. The summed E-state index contributed by atoms with van der Waals surface area (Å²) in [6, 6.07) is 6.96. The number of benzene rings is 1. The Bertz CT molecular complexity index is 1220. The van der Waals surface area contributed by atoms with Gasteiger partial charge in [-0.3, -0.25) is 18.9 Å². The summed E-state index contributed by atoms with van der Waals surface area (Å²) in [5.74, 6) is -0.517. The molecule has 1 aromatic heterocycles. The molecule has 2 aromatic rings. The predicted octanol–water partition coefficient (Wildman–Crippen LogP) is 2.94. The van der Waals surface area contributed by atoms with E-state index in [1.807, 2.05) is 0 Å². The second-order valence-electron chi connectivity index (χ2n) is 8.51. The molecule has 11 nitrogen and oxygen atoms in total. The van der Waals surface area contributed by atoms with E-state index < -0.39 is 62.8 Å². The van der Waals surface area contributed by atoms with E-state index >= 15 is 0 Å². The van der Waals surface area contributed by atoms with Gasteiger partial charge in [0.25, 0.3) is 0 Å². The predicted molar refractivity (Wildman–Crippen MR) is 130 cm³/mol. The van der Waals surface area contributed by atoms with Crippen molar-refractivity contribution in [3.05, 3.63) is 57.2 Å². The van der Waals surface area contributed by atoms with E-state index in [4.69, 9.17) is 30.7 Å². The fraction of sp³-hybridized carbons (Fsp3) is 0.500. The van der Waals surface area contributed by atoms with Crippen LogP contribution in [0, 0.1) is 11.6 Å². The summed E-state index contributed by atoms with van der Waals surface area (Å²) in [7, 11) is -4.26. The second-order valence-corrected chi connectivity index (χ2v) is 10.6. The summed E-state index contributed by atoms with van der Waals surface area (Å²) >= 11 is 5.00. The van der Waals surface area contributed by atoms with Gasteiger partial charge < -0.3 is 19.1 Å². The molecule has 1 aromatic carbocycles. The number of H-pyrrole nitrogens is 1. The number of aromatic nitrogens is 2. The number of carbonyl (C=O) groups is 1. The van der Waals surface area contributed by atoms with Crippen molar-refractivity contribution in [3.8, 4) is 5.75 Å². The highest BCUT2D eigenvalue weighted by Gasteiger charge is 2.47. The number of rotatable bonds is 10.